The van der Waals surface area contributed by atoms with Gasteiger partial charge in [-0.1, -0.05) is 30.3 Å². The first kappa shape index (κ1) is 18.6. The molecule has 2 aromatic carbocycles. The maximum Gasteiger partial charge on any atom is 0.227 e. The summed E-state index contributed by atoms with van der Waals surface area (Å²) >= 11 is 0. The molecule has 1 N–H and O–H groups in total. The van der Waals surface area contributed by atoms with Crippen molar-refractivity contribution < 1.29 is 9.53 Å². The van der Waals surface area contributed by atoms with E-state index in [4.69, 9.17) is 4.74 Å². The predicted molar refractivity (Wildman–Crippen MR) is 118 cm³/mol. The topological polar surface area (TPSA) is 50.3 Å². The Balaban J connectivity index is 1.60. The number of fused-ring (bicyclic) bond motifs is 3. The number of hydrogen-bond donors (Lipinski definition) is 1. The number of H-pyrrole nitrogens is 1. The number of hydrogen-bond acceptors (Lipinski definition) is 2. The molecular formula is C25H25N3O2. The molecule has 2 aromatic heterocycles. The van der Waals surface area contributed by atoms with Gasteiger partial charge in [0.1, 0.15) is 5.75 Å². The van der Waals surface area contributed by atoms with Crippen molar-refractivity contribution in [3.05, 3.63) is 89.4 Å². The molecule has 0 saturated heterocycles. The molecule has 1 atom stereocenters. The summed E-state index contributed by atoms with van der Waals surface area (Å²) in [6, 6.07) is 18.3. The maximum absolute atomic E-state index is 13.4. The second-order valence-corrected chi connectivity index (χ2v) is 7.94. The lowest BCUT2D eigenvalue weighted by Crippen LogP contribution is -2.41. The van der Waals surface area contributed by atoms with Gasteiger partial charge in [0, 0.05) is 42.6 Å². The summed E-state index contributed by atoms with van der Waals surface area (Å²) in [4.78, 5) is 19.0. The number of aromatic amines is 1. The van der Waals surface area contributed by atoms with Gasteiger partial charge < -0.3 is 19.2 Å². The highest BCUT2D eigenvalue weighted by atomic mass is 16.5. The van der Waals surface area contributed by atoms with Crippen LogP contribution in [0.1, 0.15) is 28.4 Å². The molecule has 1 aliphatic rings. The van der Waals surface area contributed by atoms with Crippen LogP contribution >= 0.6 is 0 Å². The molecule has 1 unspecified atom stereocenters. The Kier molecular flexibility index (Phi) is 4.58. The van der Waals surface area contributed by atoms with Crippen LogP contribution in [0.5, 0.6) is 5.75 Å². The minimum Gasteiger partial charge on any atom is -0.497 e. The van der Waals surface area contributed by atoms with Crippen LogP contribution in [0, 0.1) is 0 Å². The predicted octanol–water partition coefficient (Wildman–Crippen LogP) is 4.23. The maximum atomic E-state index is 13.4. The quantitative estimate of drug-likeness (QED) is 0.558. The van der Waals surface area contributed by atoms with E-state index in [1.807, 2.05) is 59.2 Å². The highest BCUT2D eigenvalue weighted by Crippen LogP contribution is 2.39. The van der Waals surface area contributed by atoms with Crippen LogP contribution in [-0.4, -0.2) is 34.0 Å². The molecule has 4 aromatic rings. The number of aromatic nitrogens is 2. The number of nitrogens with one attached hydrogen (secondary N) is 1. The summed E-state index contributed by atoms with van der Waals surface area (Å²) in [5.74, 6) is 0.935. The minimum atomic E-state index is -0.160. The van der Waals surface area contributed by atoms with Crippen molar-refractivity contribution in [1.29, 1.82) is 0 Å². The molecule has 3 heterocycles. The third-order valence-corrected chi connectivity index (χ3v) is 6.01. The number of aryl methyl sites for hydroxylation is 1. The van der Waals surface area contributed by atoms with Gasteiger partial charge in [-0.2, -0.15) is 0 Å². The summed E-state index contributed by atoms with van der Waals surface area (Å²) in [5.41, 5.74) is 5.63. The van der Waals surface area contributed by atoms with Crippen molar-refractivity contribution in [2.75, 3.05) is 13.7 Å². The van der Waals surface area contributed by atoms with Crippen LogP contribution in [-0.2, 0) is 24.7 Å². The molecule has 0 spiro atoms. The van der Waals surface area contributed by atoms with Crippen LogP contribution in [0.25, 0.3) is 10.9 Å². The van der Waals surface area contributed by atoms with Gasteiger partial charge in [-0.25, -0.2) is 0 Å². The third-order valence-electron chi connectivity index (χ3n) is 6.01. The van der Waals surface area contributed by atoms with Crippen LogP contribution in [0.15, 0.2) is 67.0 Å². The van der Waals surface area contributed by atoms with E-state index in [0.29, 0.717) is 13.0 Å². The van der Waals surface area contributed by atoms with Gasteiger partial charge in [0.05, 0.1) is 19.6 Å². The average Bonchev–Trinajstić information content (AvgIpc) is 3.35. The number of benzene rings is 2. The molecular weight excluding hydrogens is 374 g/mol. The number of methoxy groups -OCH3 is 1. The molecule has 0 bridgehead atoms. The average molecular weight is 399 g/mol. The first-order chi connectivity index (χ1) is 14.6. The zero-order valence-electron chi connectivity index (χ0n) is 17.3. The van der Waals surface area contributed by atoms with Crippen molar-refractivity contribution in [3.63, 3.8) is 0 Å². The van der Waals surface area contributed by atoms with Crippen molar-refractivity contribution in [2.45, 2.75) is 18.9 Å². The molecule has 5 heteroatoms. The zero-order chi connectivity index (χ0) is 20.7. The number of para-hydroxylation sites is 1. The Labute approximate surface area is 175 Å². The van der Waals surface area contributed by atoms with Crippen LogP contribution < -0.4 is 4.74 Å². The summed E-state index contributed by atoms with van der Waals surface area (Å²) in [6.07, 6.45) is 5.24. The van der Waals surface area contributed by atoms with E-state index in [0.717, 1.165) is 34.5 Å². The number of carbonyl (C=O) groups excluding carboxylic acids is 1. The first-order valence-electron chi connectivity index (χ1n) is 10.3. The number of nitrogens with zero attached hydrogens (tertiary/aromatic N) is 2. The Morgan fingerprint density at radius 3 is 2.83 bits per heavy atom. The first-order valence-corrected chi connectivity index (χ1v) is 10.3. The fraction of sp³-hybridized carbons (Fsp3) is 0.240. The van der Waals surface area contributed by atoms with E-state index < -0.39 is 0 Å². The van der Waals surface area contributed by atoms with E-state index in [1.165, 1.54) is 10.9 Å². The molecule has 1 aliphatic heterocycles. The smallest absolute Gasteiger partial charge is 0.227 e. The van der Waals surface area contributed by atoms with E-state index in [9.17, 15) is 4.79 Å². The van der Waals surface area contributed by atoms with Crippen LogP contribution in [0.3, 0.4) is 0 Å². The molecule has 30 heavy (non-hydrogen) atoms. The molecule has 0 fully saturated rings. The van der Waals surface area contributed by atoms with Crippen LogP contribution in [0.4, 0.5) is 0 Å². The van der Waals surface area contributed by atoms with Gasteiger partial charge in [-0.3, -0.25) is 4.79 Å². The van der Waals surface area contributed by atoms with Gasteiger partial charge in [0.15, 0.2) is 0 Å². The van der Waals surface area contributed by atoms with Crippen molar-refractivity contribution in [3.8, 4) is 5.75 Å². The second kappa shape index (κ2) is 7.41. The Morgan fingerprint density at radius 2 is 2.03 bits per heavy atom. The van der Waals surface area contributed by atoms with E-state index in [1.54, 1.807) is 7.11 Å². The van der Waals surface area contributed by atoms with E-state index in [2.05, 4.69) is 29.2 Å². The molecule has 152 valence electrons. The third kappa shape index (κ3) is 3.16. The van der Waals surface area contributed by atoms with Crippen molar-refractivity contribution in [2.24, 2.45) is 7.05 Å². The van der Waals surface area contributed by atoms with Crippen LogP contribution in [0.2, 0.25) is 0 Å². The SMILES string of the molecule is COc1cccc(C2c3[nH]c4ccccc4c3CCN2C(=O)Cc2ccn(C)c2)c1. The molecule has 0 saturated carbocycles. The van der Waals surface area contributed by atoms with Gasteiger partial charge in [-0.15, -0.1) is 0 Å². The van der Waals surface area contributed by atoms with Gasteiger partial charge >= 0.3 is 0 Å². The van der Waals surface area contributed by atoms with Crippen molar-refractivity contribution in [1.82, 2.24) is 14.5 Å². The summed E-state index contributed by atoms with van der Waals surface area (Å²) in [6.45, 7) is 0.697. The largest absolute Gasteiger partial charge is 0.497 e. The fourth-order valence-electron chi connectivity index (χ4n) is 4.61. The van der Waals surface area contributed by atoms with Gasteiger partial charge in [-0.05, 0) is 47.4 Å². The second-order valence-electron chi connectivity index (χ2n) is 7.94. The normalized spacial score (nSPS) is 15.9. The lowest BCUT2D eigenvalue weighted by molar-refractivity contribution is -0.132. The van der Waals surface area contributed by atoms with E-state index >= 15 is 0 Å². The number of ether oxygens (including phenoxy) is 1. The van der Waals surface area contributed by atoms with Crippen molar-refractivity contribution >= 4 is 16.8 Å². The monoisotopic (exact) mass is 399 g/mol. The molecule has 0 radical (unpaired) electrons. The van der Waals surface area contributed by atoms with E-state index in [-0.39, 0.29) is 11.9 Å². The molecule has 0 aliphatic carbocycles. The number of amides is 1. The highest BCUT2D eigenvalue weighted by Gasteiger charge is 2.34. The highest BCUT2D eigenvalue weighted by molar-refractivity contribution is 5.87. The van der Waals surface area contributed by atoms with Gasteiger partial charge in [0.2, 0.25) is 5.91 Å². The van der Waals surface area contributed by atoms with Gasteiger partial charge in [0.25, 0.3) is 0 Å². The summed E-state index contributed by atoms with van der Waals surface area (Å²) < 4.78 is 7.45. The minimum absolute atomic E-state index is 0.137. The Morgan fingerprint density at radius 1 is 1.17 bits per heavy atom. The lowest BCUT2D eigenvalue weighted by atomic mass is 9.91. The molecule has 1 amide bonds. The Bertz CT molecular complexity index is 1220. The lowest BCUT2D eigenvalue weighted by Gasteiger charge is -2.36. The summed E-state index contributed by atoms with van der Waals surface area (Å²) in [7, 11) is 3.65. The number of rotatable bonds is 4. The Hall–Kier alpha value is -3.47. The number of carbonyl (C=O) groups is 1. The molecule has 5 rings (SSSR count). The standard InChI is InChI=1S/C25H25N3O2/c1-27-12-10-17(16-27)14-23(29)28-13-11-21-20-8-3-4-9-22(20)26-24(21)25(28)18-6-5-7-19(15-18)30-2/h3-10,12,15-16,25-26H,11,13-14H2,1-2H3. The molecule has 5 nitrogen and oxygen atoms in total. The zero-order valence-corrected chi connectivity index (χ0v) is 17.3. The summed E-state index contributed by atoms with van der Waals surface area (Å²) in [5, 5.41) is 1.25. The fourth-order valence-corrected chi connectivity index (χ4v) is 4.61.